The number of carbonyl (C=O) groups excluding carboxylic acids is 1. The molecule has 3 rings (SSSR count). The van der Waals surface area contributed by atoms with Crippen molar-refractivity contribution in [1.82, 2.24) is 0 Å². The third kappa shape index (κ3) is 6.40. The molecule has 0 aromatic heterocycles. The van der Waals surface area contributed by atoms with E-state index in [0.29, 0.717) is 22.3 Å². The van der Waals surface area contributed by atoms with E-state index in [1.165, 1.54) is 0 Å². The van der Waals surface area contributed by atoms with Crippen molar-refractivity contribution in [2.24, 2.45) is 11.7 Å². The van der Waals surface area contributed by atoms with Crippen LogP contribution in [0.3, 0.4) is 0 Å². The lowest BCUT2D eigenvalue weighted by Crippen LogP contribution is -2.32. The van der Waals surface area contributed by atoms with Crippen LogP contribution in [0.25, 0.3) is 0 Å². The molecular weight excluding hydrogens is 406 g/mol. The van der Waals surface area contributed by atoms with Gasteiger partial charge in [0, 0.05) is 12.8 Å². The summed E-state index contributed by atoms with van der Waals surface area (Å²) in [5.74, 6) is 0.368. The van der Waals surface area contributed by atoms with Crippen LogP contribution in [-0.2, 0) is 25.8 Å². The highest BCUT2D eigenvalue weighted by molar-refractivity contribution is 7.91. The van der Waals surface area contributed by atoms with E-state index < -0.39 is 21.8 Å². The van der Waals surface area contributed by atoms with E-state index in [0.717, 1.165) is 18.4 Å². The van der Waals surface area contributed by atoms with Gasteiger partial charge in [0.1, 0.15) is 11.5 Å². The Kier molecular flexibility index (Phi) is 6.89. The van der Waals surface area contributed by atoms with Crippen LogP contribution >= 0.6 is 0 Å². The number of hydrogen-bond acceptors (Lipinski definition) is 6. The minimum Gasteiger partial charge on any atom is -0.481 e. The van der Waals surface area contributed by atoms with Crippen molar-refractivity contribution in [3.8, 4) is 11.5 Å². The van der Waals surface area contributed by atoms with Crippen LogP contribution in [0.5, 0.6) is 11.5 Å². The fourth-order valence-electron chi connectivity index (χ4n) is 2.99. The zero-order valence-corrected chi connectivity index (χ0v) is 17.3. The molecule has 30 heavy (non-hydrogen) atoms. The minimum atomic E-state index is -3.25. The number of benzene rings is 2. The monoisotopic (exact) mass is 431 g/mol. The molecule has 3 N–H and O–H groups in total. The lowest BCUT2D eigenvalue weighted by molar-refractivity contribution is -0.137. The Morgan fingerprint density at radius 2 is 1.60 bits per heavy atom. The van der Waals surface area contributed by atoms with Crippen LogP contribution in [-0.4, -0.2) is 37.1 Å². The SMILES string of the molecule is NC(CCC(=O)O)C(=O)Cc1ccc(Oc2ccc(S(=O)(=O)CC3CC3)cc2)cc1. The Hall–Kier alpha value is -2.71. The fourth-order valence-corrected chi connectivity index (χ4v) is 4.69. The number of Topliss-reactive ketones (excluding diaryl/α,β-unsaturated/α-hetero) is 1. The molecular formula is C22H25NO6S. The van der Waals surface area contributed by atoms with Gasteiger partial charge in [0.05, 0.1) is 16.7 Å². The second-order valence-corrected chi connectivity index (χ2v) is 9.66. The highest BCUT2D eigenvalue weighted by Gasteiger charge is 2.29. The minimum absolute atomic E-state index is 0.113. The first-order valence-corrected chi connectivity index (χ1v) is 11.5. The summed E-state index contributed by atoms with van der Waals surface area (Å²) in [4.78, 5) is 23.0. The van der Waals surface area contributed by atoms with E-state index in [-0.39, 0.29) is 30.8 Å². The largest absolute Gasteiger partial charge is 0.481 e. The number of carboxylic acids is 1. The lowest BCUT2D eigenvalue weighted by atomic mass is 10.0. The molecule has 0 heterocycles. The summed E-state index contributed by atoms with van der Waals surface area (Å²) in [7, 11) is -3.25. The molecule has 0 aliphatic heterocycles. The molecule has 1 aliphatic rings. The van der Waals surface area contributed by atoms with Gasteiger partial charge in [-0.2, -0.15) is 0 Å². The summed E-state index contributed by atoms with van der Waals surface area (Å²) >= 11 is 0. The summed E-state index contributed by atoms with van der Waals surface area (Å²) in [6, 6.07) is 12.5. The second kappa shape index (κ2) is 9.40. The van der Waals surface area contributed by atoms with Crippen LogP contribution in [0.15, 0.2) is 53.4 Å². The van der Waals surface area contributed by atoms with Gasteiger partial charge in [-0.3, -0.25) is 9.59 Å². The topological polar surface area (TPSA) is 124 Å². The number of rotatable bonds is 11. The summed E-state index contributed by atoms with van der Waals surface area (Å²) < 4.78 is 30.3. The van der Waals surface area contributed by atoms with Gasteiger partial charge in [0.25, 0.3) is 0 Å². The molecule has 7 nitrogen and oxygen atoms in total. The molecule has 160 valence electrons. The molecule has 2 aromatic carbocycles. The van der Waals surface area contributed by atoms with E-state index in [2.05, 4.69) is 0 Å². The zero-order chi connectivity index (χ0) is 21.7. The smallest absolute Gasteiger partial charge is 0.303 e. The van der Waals surface area contributed by atoms with Gasteiger partial charge in [-0.25, -0.2) is 8.42 Å². The molecule has 0 amide bonds. The predicted octanol–water partition coefficient (Wildman–Crippen LogP) is 2.97. The van der Waals surface area contributed by atoms with Gasteiger partial charge in [0.15, 0.2) is 15.6 Å². The van der Waals surface area contributed by atoms with Crippen LogP contribution < -0.4 is 10.5 Å². The van der Waals surface area contributed by atoms with E-state index in [1.54, 1.807) is 48.5 Å². The second-order valence-electron chi connectivity index (χ2n) is 7.62. The fraction of sp³-hybridized carbons (Fsp3) is 0.364. The van der Waals surface area contributed by atoms with E-state index in [9.17, 15) is 18.0 Å². The molecule has 1 saturated carbocycles. The van der Waals surface area contributed by atoms with Crippen molar-refractivity contribution in [1.29, 1.82) is 0 Å². The normalized spacial score (nSPS) is 14.8. The van der Waals surface area contributed by atoms with E-state index >= 15 is 0 Å². The summed E-state index contributed by atoms with van der Waals surface area (Å²) in [6.45, 7) is 0. The van der Waals surface area contributed by atoms with Gasteiger partial charge in [-0.05, 0) is 67.1 Å². The number of carbonyl (C=O) groups is 2. The quantitative estimate of drug-likeness (QED) is 0.560. The number of aliphatic carboxylic acids is 1. The third-order valence-corrected chi connectivity index (χ3v) is 6.86. The van der Waals surface area contributed by atoms with Crippen molar-refractivity contribution in [2.45, 2.75) is 43.0 Å². The first kappa shape index (κ1) is 22.0. The maximum Gasteiger partial charge on any atom is 0.303 e. The molecule has 0 spiro atoms. The number of hydrogen-bond donors (Lipinski definition) is 2. The molecule has 0 saturated heterocycles. The maximum absolute atomic E-state index is 12.3. The number of ketones is 1. The molecule has 1 unspecified atom stereocenters. The van der Waals surface area contributed by atoms with Gasteiger partial charge in [-0.15, -0.1) is 0 Å². The maximum atomic E-state index is 12.3. The van der Waals surface area contributed by atoms with Gasteiger partial charge < -0.3 is 15.6 Å². The summed E-state index contributed by atoms with van der Waals surface area (Å²) in [6.07, 6.45) is 2.06. The van der Waals surface area contributed by atoms with Gasteiger partial charge in [-0.1, -0.05) is 12.1 Å². The Morgan fingerprint density at radius 1 is 1.03 bits per heavy atom. The van der Waals surface area contributed by atoms with Crippen LogP contribution in [0.2, 0.25) is 0 Å². The van der Waals surface area contributed by atoms with Gasteiger partial charge in [0.2, 0.25) is 0 Å². The van der Waals surface area contributed by atoms with Gasteiger partial charge >= 0.3 is 5.97 Å². The number of ether oxygens (including phenoxy) is 1. The molecule has 1 aliphatic carbocycles. The molecule has 0 bridgehead atoms. The highest BCUT2D eigenvalue weighted by atomic mass is 32.2. The van der Waals surface area contributed by atoms with Crippen molar-refractivity contribution in [3.63, 3.8) is 0 Å². The first-order valence-electron chi connectivity index (χ1n) is 9.82. The Bertz CT molecular complexity index is 995. The third-order valence-electron chi connectivity index (χ3n) is 4.96. The van der Waals surface area contributed by atoms with Crippen molar-refractivity contribution < 1.29 is 27.9 Å². The lowest BCUT2D eigenvalue weighted by Gasteiger charge is -2.10. The van der Waals surface area contributed by atoms with E-state index in [1.807, 2.05) is 0 Å². The van der Waals surface area contributed by atoms with Crippen LogP contribution in [0.4, 0.5) is 0 Å². The highest BCUT2D eigenvalue weighted by Crippen LogP contribution is 2.32. The average Bonchev–Trinajstić information content (AvgIpc) is 3.51. The Labute approximate surface area is 175 Å². The Balaban J connectivity index is 1.55. The average molecular weight is 432 g/mol. The van der Waals surface area contributed by atoms with Crippen molar-refractivity contribution >= 4 is 21.6 Å². The van der Waals surface area contributed by atoms with Crippen LogP contribution in [0, 0.1) is 5.92 Å². The number of nitrogens with two attached hydrogens (primary N) is 1. The standard InChI is InChI=1S/C22H25NO6S/c23-20(11-12-22(25)26)21(24)13-15-3-5-17(6-4-15)29-18-7-9-19(10-8-18)30(27,28)14-16-1-2-16/h3-10,16,20H,1-2,11-14,23H2,(H,25,26). The number of sulfone groups is 1. The summed E-state index contributed by atoms with van der Waals surface area (Å²) in [5.41, 5.74) is 6.49. The number of carboxylic acid groups (broad SMARTS) is 1. The Morgan fingerprint density at radius 3 is 2.13 bits per heavy atom. The molecule has 0 radical (unpaired) electrons. The predicted molar refractivity (Wildman–Crippen MR) is 111 cm³/mol. The van der Waals surface area contributed by atoms with E-state index in [4.69, 9.17) is 15.6 Å². The molecule has 1 atom stereocenters. The molecule has 1 fully saturated rings. The van der Waals surface area contributed by atoms with Crippen molar-refractivity contribution in [3.05, 3.63) is 54.1 Å². The van der Waals surface area contributed by atoms with Crippen molar-refractivity contribution in [2.75, 3.05) is 5.75 Å². The summed E-state index contributed by atoms with van der Waals surface area (Å²) in [5, 5.41) is 8.67. The first-order chi connectivity index (χ1) is 14.2. The van der Waals surface area contributed by atoms with Crippen LogP contribution in [0.1, 0.15) is 31.2 Å². The zero-order valence-electron chi connectivity index (χ0n) is 16.5. The molecule has 8 heteroatoms. The molecule has 2 aromatic rings.